The fourth-order valence-electron chi connectivity index (χ4n) is 2.40. The Hall–Kier alpha value is -3.07. The van der Waals surface area contributed by atoms with E-state index in [1.807, 2.05) is 0 Å². The monoisotopic (exact) mass is 406 g/mol. The number of benzene rings is 2. The Labute approximate surface area is 164 Å². The van der Waals surface area contributed by atoms with Crippen LogP contribution in [0.4, 0.5) is 5.69 Å². The van der Waals surface area contributed by atoms with Crippen molar-refractivity contribution in [2.45, 2.75) is 11.8 Å². The molecule has 0 unspecified atom stereocenters. The van der Waals surface area contributed by atoms with Gasteiger partial charge in [0.1, 0.15) is 5.75 Å². The maximum Gasteiger partial charge on any atom is 0.338 e. The van der Waals surface area contributed by atoms with Crippen molar-refractivity contribution < 1.29 is 27.5 Å². The number of carbonyl (C=O) groups excluding carboxylic acids is 2. The average molecular weight is 406 g/mol. The summed E-state index contributed by atoms with van der Waals surface area (Å²) in [5, 5.41) is 2.51. The zero-order valence-electron chi connectivity index (χ0n) is 15.8. The van der Waals surface area contributed by atoms with Crippen LogP contribution in [0.25, 0.3) is 0 Å². The third kappa shape index (κ3) is 4.80. The van der Waals surface area contributed by atoms with Crippen molar-refractivity contribution in [2.75, 3.05) is 31.6 Å². The molecule has 0 radical (unpaired) electrons. The standard InChI is InChI=1S/C19H22N2O6S/c1-4-20-18(22)13-27-19(23)14-9-11-15(12-10-14)28(24,25)21(2)16-7-5-6-8-17(16)26-3/h5-12H,4,13H2,1-3H3,(H,20,22). The number of anilines is 1. The summed E-state index contributed by atoms with van der Waals surface area (Å²) in [6.07, 6.45) is 0. The van der Waals surface area contributed by atoms with Gasteiger partial charge in [0.2, 0.25) is 0 Å². The van der Waals surface area contributed by atoms with Crippen LogP contribution >= 0.6 is 0 Å². The molecule has 0 saturated heterocycles. The van der Waals surface area contributed by atoms with Crippen LogP contribution in [0, 0.1) is 0 Å². The van der Waals surface area contributed by atoms with Crippen LogP contribution in [0.5, 0.6) is 5.75 Å². The van der Waals surface area contributed by atoms with Gasteiger partial charge in [-0.3, -0.25) is 9.10 Å². The molecule has 8 nitrogen and oxygen atoms in total. The second kappa shape index (κ2) is 9.23. The van der Waals surface area contributed by atoms with Crippen molar-refractivity contribution in [3.63, 3.8) is 0 Å². The summed E-state index contributed by atoms with van der Waals surface area (Å²) >= 11 is 0. The molecular weight excluding hydrogens is 384 g/mol. The number of nitrogens with one attached hydrogen (secondary N) is 1. The van der Waals surface area contributed by atoms with E-state index in [9.17, 15) is 18.0 Å². The number of esters is 1. The molecule has 2 rings (SSSR count). The predicted octanol–water partition coefficient (Wildman–Crippen LogP) is 1.81. The lowest BCUT2D eigenvalue weighted by Gasteiger charge is -2.21. The zero-order chi connectivity index (χ0) is 20.7. The van der Waals surface area contributed by atoms with Gasteiger partial charge in [-0.2, -0.15) is 0 Å². The number of nitrogens with zero attached hydrogens (tertiary/aromatic N) is 1. The van der Waals surface area contributed by atoms with Gasteiger partial charge in [0.15, 0.2) is 6.61 Å². The van der Waals surface area contributed by atoms with Crippen molar-refractivity contribution >= 4 is 27.6 Å². The maximum atomic E-state index is 12.9. The van der Waals surface area contributed by atoms with Gasteiger partial charge in [-0.1, -0.05) is 12.1 Å². The normalized spacial score (nSPS) is 10.8. The van der Waals surface area contributed by atoms with Gasteiger partial charge in [-0.15, -0.1) is 0 Å². The van der Waals surface area contributed by atoms with Crippen LogP contribution < -0.4 is 14.4 Å². The maximum absolute atomic E-state index is 12.9. The van der Waals surface area contributed by atoms with Gasteiger partial charge in [0.25, 0.3) is 15.9 Å². The lowest BCUT2D eigenvalue weighted by molar-refractivity contribution is -0.124. The molecule has 0 saturated carbocycles. The Balaban J connectivity index is 2.17. The molecule has 0 atom stereocenters. The molecule has 0 spiro atoms. The van der Waals surface area contributed by atoms with Crippen LogP contribution in [0.2, 0.25) is 0 Å². The van der Waals surface area contributed by atoms with Crippen molar-refractivity contribution in [3.8, 4) is 5.75 Å². The minimum absolute atomic E-state index is 0.00109. The van der Waals surface area contributed by atoms with Crippen LogP contribution in [0.1, 0.15) is 17.3 Å². The molecule has 1 amide bonds. The van der Waals surface area contributed by atoms with Crippen LogP contribution in [0.15, 0.2) is 53.4 Å². The Morgan fingerprint density at radius 1 is 1.07 bits per heavy atom. The fourth-order valence-corrected chi connectivity index (χ4v) is 3.61. The van der Waals surface area contributed by atoms with E-state index in [-0.39, 0.29) is 10.5 Å². The highest BCUT2D eigenvalue weighted by molar-refractivity contribution is 7.92. The minimum atomic E-state index is -3.86. The van der Waals surface area contributed by atoms with Crippen LogP contribution in [0.3, 0.4) is 0 Å². The number of ether oxygens (including phenoxy) is 2. The van der Waals surface area contributed by atoms with E-state index in [4.69, 9.17) is 9.47 Å². The number of para-hydroxylation sites is 2. The minimum Gasteiger partial charge on any atom is -0.495 e. The molecule has 28 heavy (non-hydrogen) atoms. The van der Waals surface area contributed by atoms with Crippen LogP contribution in [-0.4, -0.2) is 47.6 Å². The van der Waals surface area contributed by atoms with Gasteiger partial charge in [-0.25, -0.2) is 13.2 Å². The summed E-state index contributed by atoms with van der Waals surface area (Å²) in [5.74, 6) is -0.708. The van der Waals surface area contributed by atoms with E-state index >= 15 is 0 Å². The van der Waals surface area contributed by atoms with Gasteiger partial charge < -0.3 is 14.8 Å². The van der Waals surface area contributed by atoms with E-state index in [0.29, 0.717) is 18.0 Å². The number of hydrogen-bond acceptors (Lipinski definition) is 6. The van der Waals surface area contributed by atoms with E-state index in [2.05, 4.69) is 5.32 Å². The first-order valence-electron chi connectivity index (χ1n) is 8.47. The van der Waals surface area contributed by atoms with E-state index in [1.165, 1.54) is 38.4 Å². The Morgan fingerprint density at radius 3 is 2.32 bits per heavy atom. The van der Waals surface area contributed by atoms with Crippen molar-refractivity contribution in [3.05, 3.63) is 54.1 Å². The summed E-state index contributed by atoms with van der Waals surface area (Å²) < 4.78 is 36.9. The van der Waals surface area contributed by atoms with Crippen molar-refractivity contribution in [2.24, 2.45) is 0 Å². The smallest absolute Gasteiger partial charge is 0.338 e. The summed E-state index contributed by atoms with van der Waals surface area (Å²) in [6, 6.07) is 12.0. The molecule has 0 heterocycles. The predicted molar refractivity (Wildman–Crippen MR) is 104 cm³/mol. The first kappa shape index (κ1) is 21.2. The molecule has 0 aliphatic heterocycles. The number of carbonyl (C=O) groups is 2. The van der Waals surface area contributed by atoms with E-state index in [1.54, 1.807) is 31.2 Å². The first-order valence-corrected chi connectivity index (χ1v) is 9.91. The fraction of sp³-hybridized carbons (Fsp3) is 0.263. The Kier molecular flexibility index (Phi) is 7.00. The largest absolute Gasteiger partial charge is 0.495 e. The lowest BCUT2D eigenvalue weighted by Crippen LogP contribution is -2.28. The Bertz CT molecular complexity index is 941. The third-order valence-electron chi connectivity index (χ3n) is 3.88. The highest BCUT2D eigenvalue weighted by Gasteiger charge is 2.24. The molecule has 0 bridgehead atoms. The molecule has 0 aliphatic carbocycles. The molecule has 9 heteroatoms. The second-order valence-electron chi connectivity index (χ2n) is 5.70. The number of rotatable bonds is 8. The third-order valence-corrected chi connectivity index (χ3v) is 5.67. The second-order valence-corrected chi connectivity index (χ2v) is 7.67. The number of sulfonamides is 1. The van der Waals surface area contributed by atoms with E-state index in [0.717, 1.165) is 4.31 Å². The zero-order valence-corrected chi connectivity index (χ0v) is 16.7. The summed E-state index contributed by atoms with van der Waals surface area (Å²) in [5.41, 5.74) is 0.526. The first-order chi connectivity index (χ1) is 13.3. The average Bonchev–Trinajstić information content (AvgIpc) is 2.71. The number of methoxy groups -OCH3 is 1. The molecule has 2 aromatic carbocycles. The number of likely N-dealkylation sites (N-methyl/N-ethyl adjacent to an activating group) is 1. The summed E-state index contributed by atoms with van der Waals surface area (Å²) in [4.78, 5) is 23.3. The number of amides is 1. The quantitative estimate of drug-likeness (QED) is 0.671. The Morgan fingerprint density at radius 2 is 1.71 bits per heavy atom. The molecule has 150 valence electrons. The molecule has 1 N–H and O–H groups in total. The highest BCUT2D eigenvalue weighted by atomic mass is 32.2. The molecule has 0 aromatic heterocycles. The van der Waals surface area contributed by atoms with Crippen LogP contribution in [-0.2, 0) is 19.6 Å². The van der Waals surface area contributed by atoms with Gasteiger partial charge in [-0.05, 0) is 43.3 Å². The van der Waals surface area contributed by atoms with Crippen molar-refractivity contribution in [1.29, 1.82) is 0 Å². The molecule has 0 fully saturated rings. The molecule has 0 aliphatic rings. The summed E-state index contributed by atoms with van der Waals surface area (Å²) in [7, 11) is -0.986. The SMILES string of the molecule is CCNC(=O)COC(=O)c1ccc(S(=O)(=O)N(C)c2ccccc2OC)cc1. The number of hydrogen-bond donors (Lipinski definition) is 1. The van der Waals surface area contributed by atoms with Crippen molar-refractivity contribution in [1.82, 2.24) is 5.32 Å². The van der Waals surface area contributed by atoms with E-state index < -0.39 is 28.5 Å². The molecule has 2 aromatic rings. The molecular formula is C19H22N2O6S. The topological polar surface area (TPSA) is 102 Å². The van der Waals surface area contributed by atoms with Gasteiger partial charge in [0.05, 0.1) is 23.3 Å². The summed E-state index contributed by atoms with van der Waals surface area (Å²) in [6.45, 7) is 1.78. The highest BCUT2D eigenvalue weighted by Crippen LogP contribution is 2.30. The van der Waals surface area contributed by atoms with Gasteiger partial charge >= 0.3 is 5.97 Å². The lowest BCUT2D eigenvalue weighted by atomic mass is 10.2. The van der Waals surface area contributed by atoms with Gasteiger partial charge in [0, 0.05) is 13.6 Å².